The average Bonchev–Trinajstić information content (AvgIpc) is 2.85. The van der Waals surface area contributed by atoms with Gasteiger partial charge in [-0.15, -0.1) is 0 Å². The molecule has 0 unspecified atom stereocenters. The third-order valence-corrected chi connectivity index (χ3v) is 5.77. The zero-order valence-electron chi connectivity index (χ0n) is 15.2. The number of hydrogen-bond donors (Lipinski definition) is 0. The Labute approximate surface area is 159 Å². The lowest BCUT2D eigenvalue weighted by Crippen LogP contribution is -2.25. The first-order chi connectivity index (χ1) is 12.1. The fraction of sp³-hybridized carbons (Fsp3) is 0.348. The van der Waals surface area contributed by atoms with E-state index in [9.17, 15) is 4.79 Å². The first-order valence-corrected chi connectivity index (χ1v) is 9.98. The van der Waals surface area contributed by atoms with Crippen LogP contribution in [0.5, 0.6) is 0 Å². The number of hydrogen-bond acceptors (Lipinski definition) is 1. The molecule has 25 heavy (non-hydrogen) atoms. The van der Waals surface area contributed by atoms with Gasteiger partial charge in [-0.3, -0.25) is 4.79 Å². The van der Waals surface area contributed by atoms with Gasteiger partial charge in [0.15, 0.2) is 5.78 Å². The largest absolute Gasteiger partial charge is 0.289 e. The van der Waals surface area contributed by atoms with Crippen LogP contribution < -0.4 is 0 Å². The van der Waals surface area contributed by atoms with Crippen LogP contribution in [0.2, 0.25) is 0 Å². The molecule has 130 valence electrons. The predicted molar refractivity (Wildman–Crippen MR) is 109 cm³/mol. The minimum absolute atomic E-state index is 0.0180. The quantitative estimate of drug-likeness (QED) is 0.376. The Hall–Kier alpha value is -1.67. The van der Waals surface area contributed by atoms with Crippen LogP contribution in [0.1, 0.15) is 67.9 Å². The molecule has 0 amide bonds. The molecule has 2 aromatic carbocycles. The van der Waals surface area contributed by atoms with Crippen LogP contribution in [-0.4, -0.2) is 5.78 Å². The highest BCUT2D eigenvalue weighted by atomic mass is 79.9. The van der Waals surface area contributed by atoms with Crippen molar-refractivity contribution in [3.63, 3.8) is 0 Å². The maximum atomic E-state index is 12.4. The summed E-state index contributed by atoms with van der Waals surface area (Å²) in [7, 11) is 0. The molecule has 0 spiro atoms. The van der Waals surface area contributed by atoms with Gasteiger partial charge >= 0.3 is 0 Å². The summed E-state index contributed by atoms with van der Waals surface area (Å²) in [4.78, 5) is 12.4. The Balaban J connectivity index is 2.26. The van der Waals surface area contributed by atoms with Gasteiger partial charge in [-0.25, -0.2) is 0 Å². The van der Waals surface area contributed by atoms with E-state index in [0.717, 1.165) is 35.7 Å². The molecule has 0 bridgehead atoms. The number of carbonyl (C=O) groups is 1. The first-order valence-electron chi connectivity index (χ1n) is 9.19. The molecule has 2 heteroatoms. The van der Waals surface area contributed by atoms with Crippen molar-refractivity contribution < 1.29 is 4.79 Å². The normalized spacial score (nSPS) is 14.6. The van der Waals surface area contributed by atoms with Gasteiger partial charge in [-0.2, -0.15) is 0 Å². The minimum Gasteiger partial charge on any atom is -0.289 e. The number of carbonyl (C=O) groups excluding carboxylic acids is 1. The Morgan fingerprint density at radius 3 is 2.20 bits per heavy atom. The number of allylic oxidation sites excluding steroid dienone is 2. The second-order valence-corrected chi connectivity index (χ2v) is 7.81. The lowest BCUT2D eigenvalue weighted by molar-refractivity contribution is 0.104. The molecule has 0 aliphatic heterocycles. The third-order valence-electron chi connectivity index (χ3n) is 5.28. The molecule has 0 N–H and O–H groups in total. The maximum absolute atomic E-state index is 12.4. The Kier molecular flexibility index (Phi) is 5.29. The molecule has 0 atom stereocenters. The van der Waals surface area contributed by atoms with Crippen LogP contribution in [0.4, 0.5) is 0 Å². The molecular weight excluding hydrogens is 372 g/mol. The summed E-state index contributed by atoms with van der Waals surface area (Å²) in [6.07, 6.45) is 7.93. The van der Waals surface area contributed by atoms with Crippen LogP contribution >= 0.6 is 15.9 Å². The highest BCUT2D eigenvalue weighted by molar-refractivity contribution is 9.10. The van der Waals surface area contributed by atoms with E-state index in [1.54, 1.807) is 6.08 Å². The summed E-state index contributed by atoms with van der Waals surface area (Å²) in [5, 5.41) is 0. The van der Waals surface area contributed by atoms with E-state index in [2.05, 4.69) is 60.1 Å². The maximum Gasteiger partial charge on any atom is 0.185 e. The van der Waals surface area contributed by atoms with Crippen molar-refractivity contribution in [3.05, 3.63) is 69.7 Å². The summed E-state index contributed by atoms with van der Waals surface area (Å²) in [6.45, 7) is 6.39. The topological polar surface area (TPSA) is 17.1 Å². The van der Waals surface area contributed by atoms with Gasteiger partial charge < -0.3 is 0 Å². The van der Waals surface area contributed by atoms with Gasteiger partial charge in [0, 0.05) is 15.5 Å². The van der Waals surface area contributed by atoms with Gasteiger partial charge in [0.05, 0.1) is 0 Å². The average molecular weight is 397 g/mol. The van der Waals surface area contributed by atoms with E-state index in [1.807, 2.05) is 19.1 Å². The van der Waals surface area contributed by atoms with E-state index >= 15 is 0 Å². The lowest BCUT2D eigenvalue weighted by atomic mass is 9.71. The van der Waals surface area contributed by atoms with Gasteiger partial charge in [-0.1, -0.05) is 66.9 Å². The fourth-order valence-electron chi connectivity index (χ4n) is 4.39. The number of fused-ring (bicyclic) bond motifs is 3. The molecule has 0 saturated heterocycles. The van der Waals surface area contributed by atoms with Crippen molar-refractivity contribution in [2.45, 2.75) is 51.9 Å². The van der Waals surface area contributed by atoms with E-state index in [4.69, 9.17) is 0 Å². The number of halogens is 1. The van der Waals surface area contributed by atoms with Crippen LogP contribution in [0.25, 0.3) is 11.1 Å². The lowest BCUT2D eigenvalue weighted by Gasteiger charge is -2.32. The number of rotatable bonds is 6. The molecule has 1 nitrogen and oxygen atoms in total. The van der Waals surface area contributed by atoms with Gasteiger partial charge in [0.1, 0.15) is 0 Å². The number of ketones is 1. The monoisotopic (exact) mass is 396 g/mol. The van der Waals surface area contributed by atoms with E-state index in [-0.39, 0.29) is 11.2 Å². The third kappa shape index (κ3) is 3.01. The Morgan fingerprint density at radius 2 is 1.60 bits per heavy atom. The summed E-state index contributed by atoms with van der Waals surface area (Å²) in [5.74, 6) is 0.0873. The molecule has 2 aromatic rings. The zero-order valence-corrected chi connectivity index (χ0v) is 16.8. The molecule has 1 aliphatic carbocycles. The van der Waals surface area contributed by atoms with Crippen LogP contribution in [0, 0.1) is 0 Å². The standard InChI is InChI=1S/C23H25BrO/c1-4-7-22(25)16-8-10-18-19-11-9-17(24)15-21(19)23(12-5-2,13-6-3)20(18)14-16/h4,7-11,14-15H,5-6,12-13H2,1-3H3. The van der Waals surface area contributed by atoms with Crippen molar-refractivity contribution in [2.75, 3.05) is 0 Å². The summed E-state index contributed by atoms with van der Waals surface area (Å²) in [6, 6.07) is 12.9. The summed E-state index contributed by atoms with van der Waals surface area (Å²) < 4.78 is 1.13. The second-order valence-electron chi connectivity index (χ2n) is 6.90. The fourth-order valence-corrected chi connectivity index (χ4v) is 4.75. The zero-order chi connectivity index (χ0) is 18.0. The second kappa shape index (κ2) is 7.29. The van der Waals surface area contributed by atoms with Crippen molar-refractivity contribution in [2.24, 2.45) is 0 Å². The highest BCUT2D eigenvalue weighted by Crippen LogP contribution is 2.54. The minimum atomic E-state index is 0.0180. The van der Waals surface area contributed by atoms with Gasteiger partial charge in [-0.05, 0) is 66.3 Å². The van der Waals surface area contributed by atoms with Crippen molar-refractivity contribution >= 4 is 21.7 Å². The van der Waals surface area contributed by atoms with Gasteiger partial charge in [0.2, 0.25) is 0 Å². The van der Waals surface area contributed by atoms with E-state index in [1.165, 1.54) is 22.3 Å². The van der Waals surface area contributed by atoms with Crippen LogP contribution in [0.3, 0.4) is 0 Å². The Bertz CT molecular complexity index is 826. The first kappa shape index (κ1) is 18.1. The highest BCUT2D eigenvalue weighted by Gasteiger charge is 2.42. The van der Waals surface area contributed by atoms with Gasteiger partial charge in [0.25, 0.3) is 0 Å². The van der Waals surface area contributed by atoms with E-state index in [0.29, 0.717) is 0 Å². The van der Waals surface area contributed by atoms with Crippen LogP contribution in [-0.2, 0) is 5.41 Å². The molecule has 0 aromatic heterocycles. The molecule has 0 radical (unpaired) electrons. The summed E-state index contributed by atoms with van der Waals surface area (Å²) >= 11 is 3.66. The smallest absolute Gasteiger partial charge is 0.185 e. The SMILES string of the molecule is CC=CC(=O)c1ccc2c(c1)C(CCC)(CCC)c1cc(Br)ccc1-2. The van der Waals surface area contributed by atoms with Crippen LogP contribution in [0.15, 0.2) is 53.0 Å². The molecular formula is C23H25BrO. The van der Waals surface area contributed by atoms with E-state index < -0.39 is 0 Å². The van der Waals surface area contributed by atoms with Crippen molar-refractivity contribution in [1.29, 1.82) is 0 Å². The number of benzene rings is 2. The molecule has 3 rings (SSSR count). The molecule has 1 aliphatic rings. The molecule has 0 fully saturated rings. The van der Waals surface area contributed by atoms with Crippen molar-refractivity contribution in [3.8, 4) is 11.1 Å². The predicted octanol–water partition coefficient (Wildman–Crippen LogP) is 7.07. The van der Waals surface area contributed by atoms with Crippen molar-refractivity contribution in [1.82, 2.24) is 0 Å². The molecule has 0 heterocycles. The Morgan fingerprint density at radius 1 is 1.00 bits per heavy atom. The molecule has 0 saturated carbocycles. The summed E-state index contributed by atoms with van der Waals surface area (Å²) in [5.41, 5.74) is 6.17.